The van der Waals surface area contributed by atoms with Crippen molar-refractivity contribution in [2.45, 2.75) is 26.7 Å². The summed E-state index contributed by atoms with van der Waals surface area (Å²) >= 11 is 0. The van der Waals surface area contributed by atoms with Gasteiger partial charge in [-0.05, 0) is 26.7 Å². The van der Waals surface area contributed by atoms with Crippen molar-refractivity contribution in [3.8, 4) is 0 Å². The summed E-state index contributed by atoms with van der Waals surface area (Å²) in [6, 6.07) is 0. The molecule has 5 heteroatoms. The summed E-state index contributed by atoms with van der Waals surface area (Å²) < 4.78 is 5.18. The highest BCUT2D eigenvalue weighted by atomic mass is 16.5. The van der Waals surface area contributed by atoms with E-state index in [1.165, 1.54) is 6.33 Å². The van der Waals surface area contributed by atoms with E-state index in [9.17, 15) is 4.79 Å². The number of ether oxygens (including phenoxy) is 1. The zero-order chi connectivity index (χ0) is 13.2. The van der Waals surface area contributed by atoms with E-state index in [2.05, 4.69) is 15.3 Å². The van der Waals surface area contributed by atoms with Gasteiger partial charge in [-0.15, -0.1) is 0 Å². The highest BCUT2D eigenvalue weighted by Crippen LogP contribution is 2.45. The summed E-state index contributed by atoms with van der Waals surface area (Å²) in [4.78, 5) is 20.3. The quantitative estimate of drug-likeness (QED) is 0.853. The van der Waals surface area contributed by atoms with Crippen LogP contribution in [0.3, 0.4) is 0 Å². The van der Waals surface area contributed by atoms with Gasteiger partial charge in [-0.25, -0.2) is 9.97 Å². The summed E-state index contributed by atoms with van der Waals surface area (Å²) in [5, 5.41) is 2.97. The molecule has 98 valence electrons. The van der Waals surface area contributed by atoms with Gasteiger partial charge in [0, 0.05) is 19.1 Å². The smallest absolute Gasteiger partial charge is 0.254 e. The molecule has 0 unspecified atom stereocenters. The minimum atomic E-state index is -0.0898. The van der Waals surface area contributed by atoms with E-state index in [0.29, 0.717) is 18.7 Å². The first kappa shape index (κ1) is 13.0. The van der Waals surface area contributed by atoms with Gasteiger partial charge in [-0.1, -0.05) is 0 Å². The summed E-state index contributed by atoms with van der Waals surface area (Å²) in [5.74, 6) is -0.0898. The fraction of sp³-hybridized carbons (Fsp3) is 0.615. The molecule has 0 spiro atoms. The van der Waals surface area contributed by atoms with Crippen LogP contribution >= 0.6 is 0 Å². The highest BCUT2D eigenvalue weighted by molar-refractivity contribution is 5.96. The number of rotatable bonds is 5. The van der Waals surface area contributed by atoms with Crippen LogP contribution in [-0.4, -0.2) is 36.1 Å². The van der Waals surface area contributed by atoms with E-state index in [0.717, 1.165) is 24.2 Å². The molecule has 1 aromatic heterocycles. The Bertz CT molecular complexity index is 435. The largest absolute Gasteiger partial charge is 0.384 e. The van der Waals surface area contributed by atoms with Crippen molar-refractivity contribution < 1.29 is 9.53 Å². The molecule has 1 saturated carbocycles. The second kappa shape index (κ2) is 5.02. The molecule has 0 bridgehead atoms. The van der Waals surface area contributed by atoms with E-state index in [4.69, 9.17) is 4.74 Å². The first-order valence-electron chi connectivity index (χ1n) is 6.13. The van der Waals surface area contributed by atoms with Crippen molar-refractivity contribution in [2.24, 2.45) is 5.41 Å². The molecule has 2 rings (SSSR count). The molecule has 0 saturated heterocycles. The molecule has 1 fully saturated rings. The summed E-state index contributed by atoms with van der Waals surface area (Å²) in [6.07, 6.45) is 3.71. The molecule has 0 aliphatic heterocycles. The van der Waals surface area contributed by atoms with Gasteiger partial charge in [-0.2, -0.15) is 0 Å². The Labute approximate surface area is 107 Å². The molecule has 18 heavy (non-hydrogen) atoms. The van der Waals surface area contributed by atoms with Crippen LogP contribution in [-0.2, 0) is 4.74 Å². The third-order valence-electron chi connectivity index (χ3n) is 3.49. The third kappa shape index (κ3) is 2.67. The first-order chi connectivity index (χ1) is 8.58. The minimum Gasteiger partial charge on any atom is -0.384 e. The van der Waals surface area contributed by atoms with Crippen LogP contribution in [0, 0.1) is 19.3 Å². The monoisotopic (exact) mass is 249 g/mol. The molecule has 1 heterocycles. The number of nitrogens with one attached hydrogen (secondary N) is 1. The lowest BCUT2D eigenvalue weighted by Gasteiger charge is -2.15. The van der Waals surface area contributed by atoms with Gasteiger partial charge >= 0.3 is 0 Å². The highest BCUT2D eigenvalue weighted by Gasteiger charge is 2.42. The van der Waals surface area contributed by atoms with E-state index < -0.39 is 0 Å². The van der Waals surface area contributed by atoms with Gasteiger partial charge in [0.2, 0.25) is 0 Å². The van der Waals surface area contributed by atoms with Crippen LogP contribution in [0.5, 0.6) is 0 Å². The topological polar surface area (TPSA) is 64.1 Å². The molecular weight excluding hydrogens is 230 g/mol. The second-order valence-corrected chi connectivity index (χ2v) is 5.04. The molecule has 0 aromatic carbocycles. The minimum absolute atomic E-state index is 0.0898. The number of aromatic nitrogens is 2. The van der Waals surface area contributed by atoms with Gasteiger partial charge < -0.3 is 10.1 Å². The number of carbonyl (C=O) groups excluding carboxylic acids is 1. The summed E-state index contributed by atoms with van der Waals surface area (Å²) in [6.45, 7) is 5.02. The van der Waals surface area contributed by atoms with Gasteiger partial charge in [0.15, 0.2) is 0 Å². The summed E-state index contributed by atoms with van der Waals surface area (Å²) in [5.41, 5.74) is 2.18. The van der Waals surface area contributed by atoms with Crippen molar-refractivity contribution in [1.82, 2.24) is 15.3 Å². The summed E-state index contributed by atoms with van der Waals surface area (Å²) in [7, 11) is 1.70. The molecule has 1 aromatic rings. The zero-order valence-electron chi connectivity index (χ0n) is 11.1. The van der Waals surface area contributed by atoms with Gasteiger partial charge in [0.1, 0.15) is 6.33 Å². The van der Waals surface area contributed by atoms with Crippen molar-refractivity contribution in [1.29, 1.82) is 0 Å². The fourth-order valence-electron chi connectivity index (χ4n) is 2.13. The van der Waals surface area contributed by atoms with Crippen molar-refractivity contribution in [3.63, 3.8) is 0 Å². The number of methoxy groups -OCH3 is 1. The number of amides is 1. The fourth-order valence-corrected chi connectivity index (χ4v) is 2.13. The van der Waals surface area contributed by atoms with Crippen LogP contribution in [0.1, 0.15) is 34.6 Å². The molecule has 1 amide bonds. The standard InChI is InChI=1S/C13H19N3O2/c1-9-11(10(2)16-8-15-9)12(17)14-6-13(4-5-13)7-18-3/h8H,4-7H2,1-3H3,(H,14,17). The average Bonchev–Trinajstić information content (AvgIpc) is 3.07. The molecule has 1 N–H and O–H groups in total. The number of hydrogen-bond donors (Lipinski definition) is 1. The van der Waals surface area contributed by atoms with Crippen LogP contribution in [0.2, 0.25) is 0 Å². The van der Waals surface area contributed by atoms with Crippen LogP contribution < -0.4 is 5.32 Å². The molecule has 0 radical (unpaired) electrons. The predicted molar refractivity (Wildman–Crippen MR) is 67.4 cm³/mol. The molecular formula is C13H19N3O2. The third-order valence-corrected chi connectivity index (χ3v) is 3.49. The van der Waals surface area contributed by atoms with Crippen molar-refractivity contribution in [3.05, 3.63) is 23.3 Å². The molecule has 5 nitrogen and oxygen atoms in total. The SMILES string of the molecule is COCC1(CNC(=O)c2c(C)ncnc2C)CC1. The number of aryl methyl sites for hydroxylation is 2. The zero-order valence-corrected chi connectivity index (χ0v) is 11.1. The van der Waals surface area contributed by atoms with Gasteiger partial charge in [0.25, 0.3) is 5.91 Å². The van der Waals surface area contributed by atoms with E-state index in [1.54, 1.807) is 7.11 Å². The van der Waals surface area contributed by atoms with E-state index >= 15 is 0 Å². The maximum absolute atomic E-state index is 12.1. The van der Waals surface area contributed by atoms with Crippen LogP contribution in [0.25, 0.3) is 0 Å². The predicted octanol–water partition coefficient (Wildman–Crippen LogP) is 1.25. The second-order valence-electron chi connectivity index (χ2n) is 5.04. The van der Waals surface area contributed by atoms with Crippen molar-refractivity contribution >= 4 is 5.91 Å². The lowest BCUT2D eigenvalue weighted by atomic mass is 10.1. The Morgan fingerprint density at radius 1 is 1.39 bits per heavy atom. The van der Waals surface area contributed by atoms with Gasteiger partial charge in [-0.3, -0.25) is 4.79 Å². The molecule has 1 aliphatic carbocycles. The average molecular weight is 249 g/mol. The normalized spacial score (nSPS) is 16.4. The van der Waals surface area contributed by atoms with Crippen LogP contribution in [0.15, 0.2) is 6.33 Å². The van der Waals surface area contributed by atoms with Crippen molar-refractivity contribution in [2.75, 3.05) is 20.3 Å². The molecule has 1 aliphatic rings. The van der Waals surface area contributed by atoms with E-state index in [-0.39, 0.29) is 11.3 Å². The Morgan fingerprint density at radius 2 is 2.00 bits per heavy atom. The Hall–Kier alpha value is -1.49. The first-order valence-corrected chi connectivity index (χ1v) is 6.13. The Morgan fingerprint density at radius 3 is 2.50 bits per heavy atom. The maximum Gasteiger partial charge on any atom is 0.254 e. The lowest BCUT2D eigenvalue weighted by molar-refractivity contribution is 0.0917. The number of carbonyl (C=O) groups is 1. The lowest BCUT2D eigenvalue weighted by Crippen LogP contribution is -2.33. The van der Waals surface area contributed by atoms with E-state index in [1.807, 2.05) is 13.8 Å². The Kier molecular flexibility index (Phi) is 3.61. The molecule has 0 atom stereocenters. The number of hydrogen-bond acceptors (Lipinski definition) is 4. The van der Waals surface area contributed by atoms with Crippen LogP contribution in [0.4, 0.5) is 0 Å². The Balaban J connectivity index is 2.00. The maximum atomic E-state index is 12.1. The number of nitrogens with zero attached hydrogens (tertiary/aromatic N) is 2. The van der Waals surface area contributed by atoms with Gasteiger partial charge in [0.05, 0.1) is 23.6 Å².